The van der Waals surface area contributed by atoms with Crippen LogP contribution in [-0.4, -0.2) is 40.9 Å². The van der Waals surface area contributed by atoms with Gasteiger partial charge >= 0.3 is 0 Å². The number of anilines is 2. The number of nitrogens with two attached hydrogens (primary N) is 1. The van der Waals surface area contributed by atoms with Crippen LogP contribution >= 0.6 is 0 Å². The van der Waals surface area contributed by atoms with Crippen LogP contribution in [0.3, 0.4) is 0 Å². The largest absolute Gasteiger partial charge is 0.397 e. The summed E-state index contributed by atoms with van der Waals surface area (Å²) in [5, 5.41) is 4.39. The van der Waals surface area contributed by atoms with E-state index in [-0.39, 0.29) is 5.82 Å². The van der Waals surface area contributed by atoms with Crippen molar-refractivity contribution in [2.45, 2.75) is 13.5 Å². The normalized spacial score (nSPS) is 16.2. The standard InChI is InChI=1S/C16H22FN5/c1-12-13(10-20(2)19-12)11-21-5-7-22(8-6-21)16-4-3-14(17)9-15(16)18/h3-4,9-10H,5-8,11,18H2,1-2H3. The highest BCUT2D eigenvalue weighted by atomic mass is 19.1. The molecule has 0 unspecified atom stereocenters. The number of hydrogen-bond acceptors (Lipinski definition) is 4. The molecule has 5 nitrogen and oxygen atoms in total. The van der Waals surface area contributed by atoms with Crippen LogP contribution in [0.5, 0.6) is 0 Å². The van der Waals surface area contributed by atoms with Crippen molar-refractivity contribution in [2.75, 3.05) is 36.8 Å². The molecule has 6 heteroatoms. The Morgan fingerprint density at radius 3 is 2.55 bits per heavy atom. The van der Waals surface area contributed by atoms with Crippen molar-refractivity contribution in [1.82, 2.24) is 14.7 Å². The molecule has 22 heavy (non-hydrogen) atoms. The molecule has 0 radical (unpaired) electrons. The summed E-state index contributed by atoms with van der Waals surface area (Å²) in [6, 6.07) is 4.63. The number of nitrogens with zero attached hydrogens (tertiary/aromatic N) is 4. The summed E-state index contributed by atoms with van der Waals surface area (Å²) >= 11 is 0. The average molecular weight is 303 g/mol. The fourth-order valence-electron chi connectivity index (χ4n) is 3.01. The predicted octanol–water partition coefficient (Wildman–Crippen LogP) is 1.77. The minimum atomic E-state index is -0.285. The molecule has 1 aliphatic heterocycles. The number of piperazine rings is 1. The van der Waals surface area contributed by atoms with Crippen LogP contribution in [0.15, 0.2) is 24.4 Å². The van der Waals surface area contributed by atoms with Gasteiger partial charge in [0.1, 0.15) is 5.82 Å². The maximum Gasteiger partial charge on any atom is 0.125 e. The predicted molar refractivity (Wildman–Crippen MR) is 86.2 cm³/mol. The van der Waals surface area contributed by atoms with Gasteiger partial charge in [-0.3, -0.25) is 9.58 Å². The van der Waals surface area contributed by atoms with E-state index in [1.165, 1.54) is 17.7 Å². The van der Waals surface area contributed by atoms with Gasteiger partial charge in [-0.25, -0.2) is 4.39 Å². The summed E-state index contributed by atoms with van der Waals surface area (Å²) in [7, 11) is 1.95. The third-order valence-corrected chi connectivity index (χ3v) is 4.21. The first-order valence-electron chi connectivity index (χ1n) is 7.54. The summed E-state index contributed by atoms with van der Waals surface area (Å²) in [5.74, 6) is -0.285. The maximum atomic E-state index is 13.1. The third kappa shape index (κ3) is 3.06. The molecule has 2 aromatic rings. The second-order valence-corrected chi connectivity index (χ2v) is 5.88. The molecule has 3 rings (SSSR count). The van der Waals surface area contributed by atoms with Gasteiger partial charge < -0.3 is 10.6 Å². The highest BCUT2D eigenvalue weighted by Gasteiger charge is 2.20. The van der Waals surface area contributed by atoms with E-state index >= 15 is 0 Å². The lowest BCUT2D eigenvalue weighted by atomic mass is 10.2. The Labute approximate surface area is 130 Å². The lowest BCUT2D eigenvalue weighted by molar-refractivity contribution is 0.249. The van der Waals surface area contributed by atoms with E-state index in [4.69, 9.17) is 5.73 Å². The molecule has 0 spiro atoms. The van der Waals surface area contributed by atoms with Crippen LogP contribution in [0.4, 0.5) is 15.8 Å². The Bertz CT molecular complexity index is 659. The van der Waals surface area contributed by atoms with Crippen molar-refractivity contribution in [2.24, 2.45) is 7.05 Å². The summed E-state index contributed by atoms with van der Waals surface area (Å²) in [5.41, 5.74) is 9.73. The van der Waals surface area contributed by atoms with Crippen LogP contribution in [-0.2, 0) is 13.6 Å². The maximum absolute atomic E-state index is 13.1. The van der Waals surface area contributed by atoms with Gasteiger partial charge in [-0.1, -0.05) is 0 Å². The molecule has 1 fully saturated rings. The Morgan fingerprint density at radius 1 is 1.23 bits per heavy atom. The molecule has 2 N–H and O–H groups in total. The number of aromatic nitrogens is 2. The van der Waals surface area contributed by atoms with Gasteiger partial charge in [0.05, 0.1) is 17.1 Å². The first-order valence-corrected chi connectivity index (χ1v) is 7.54. The highest BCUT2D eigenvalue weighted by Crippen LogP contribution is 2.25. The molecule has 0 aliphatic carbocycles. The Balaban J connectivity index is 1.61. The van der Waals surface area contributed by atoms with E-state index in [0.29, 0.717) is 5.69 Å². The minimum absolute atomic E-state index is 0.285. The van der Waals surface area contributed by atoms with Crippen molar-refractivity contribution in [3.63, 3.8) is 0 Å². The average Bonchev–Trinajstić information content (AvgIpc) is 2.78. The molecule has 0 amide bonds. The van der Waals surface area contributed by atoms with Crippen molar-refractivity contribution in [1.29, 1.82) is 0 Å². The van der Waals surface area contributed by atoms with Crippen LogP contribution in [0, 0.1) is 12.7 Å². The molecule has 0 saturated carbocycles. The fraction of sp³-hybridized carbons (Fsp3) is 0.438. The molecular formula is C16H22FN5. The van der Waals surface area contributed by atoms with Gasteiger partial charge in [0.25, 0.3) is 0 Å². The molecule has 1 aliphatic rings. The smallest absolute Gasteiger partial charge is 0.125 e. The van der Waals surface area contributed by atoms with Crippen molar-refractivity contribution < 1.29 is 4.39 Å². The lowest BCUT2D eigenvalue weighted by Gasteiger charge is -2.36. The number of aryl methyl sites for hydroxylation is 2. The Hall–Kier alpha value is -2.08. The summed E-state index contributed by atoms with van der Waals surface area (Å²) < 4.78 is 15.0. The van der Waals surface area contributed by atoms with Gasteiger partial charge in [0.15, 0.2) is 0 Å². The van der Waals surface area contributed by atoms with Gasteiger partial charge in [-0.2, -0.15) is 5.10 Å². The topological polar surface area (TPSA) is 50.3 Å². The van der Waals surface area contributed by atoms with E-state index in [1.807, 2.05) is 18.7 Å². The molecular weight excluding hydrogens is 281 g/mol. The number of hydrogen-bond donors (Lipinski definition) is 1. The van der Waals surface area contributed by atoms with E-state index in [1.54, 1.807) is 6.07 Å². The zero-order valence-electron chi connectivity index (χ0n) is 13.1. The fourth-order valence-corrected chi connectivity index (χ4v) is 3.01. The number of nitrogen functional groups attached to an aromatic ring is 1. The third-order valence-electron chi connectivity index (χ3n) is 4.21. The van der Waals surface area contributed by atoms with Gasteiger partial charge in [0, 0.05) is 51.5 Å². The summed E-state index contributed by atoms with van der Waals surface area (Å²) in [6.07, 6.45) is 2.08. The molecule has 1 aromatic carbocycles. The summed E-state index contributed by atoms with van der Waals surface area (Å²) in [6.45, 7) is 6.69. The van der Waals surface area contributed by atoms with Crippen molar-refractivity contribution in [3.8, 4) is 0 Å². The second kappa shape index (κ2) is 5.96. The zero-order valence-corrected chi connectivity index (χ0v) is 13.1. The lowest BCUT2D eigenvalue weighted by Crippen LogP contribution is -2.46. The molecule has 1 saturated heterocycles. The van der Waals surface area contributed by atoms with Crippen LogP contribution in [0.1, 0.15) is 11.3 Å². The van der Waals surface area contributed by atoms with Crippen molar-refractivity contribution >= 4 is 11.4 Å². The highest BCUT2D eigenvalue weighted by molar-refractivity contribution is 5.67. The summed E-state index contributed by atoms with van der Waals surface area (Å²) in [4.78, 5) is 4.64. The van der Waals surface area contributed by atoms with E-state index < -0.39 is 0 Å². The van der Waals surface area contributed by atoms with Gasteiger partial charge in [0.2, 0.25) is 0 Å². The molecule has 118 valence electrons. The molecule has 0 atom stereocenters. The number of halogens is 1. The Kier molecular flexibility index (Phi) is 4.02. The van der Waals surface area contributed by atoms with Gasteiger partial charge in [-0.05, 0) is 25.1 Å². The minimum Gasteiger partial charge on any atom is -0.397 e. The zero-order chi connectivity index (χ0) is 15.7. The van der Waals surface area contributed by atoms with E-state index in [9.17, 15) is 4.39 Å². The van der Waals surface area contributed by atoms with Gasteiger partial charge in [-0.15, -0.1) is 0 Å². The monoisotopic (exact) mass is 303 g/mol. The van der Waals surface area contributed by atoms with Crippen molar-refractivity contribution in [3.05, 3.63) is 41.5 Å². The quantitative estimate of drug-likeness (QED) is 0.878. The SMILES string of the molecule is Cc1nn(C)cc1CN1CCN(c2ccc(F)cc2N)CC1. The Morgan fingerprint density at radius 2 is 1.95 bits per heavy atom. The molecule has 2 heterocycles. The number of benzene rings is 1. The van der Waals surface area contributed by atoms with Crippen LogP contribution in [0.25, 0.3) is 0 Å². The van der Waals surface area contributed by atoms with Crippen LogP contribution < -0.4 is 10.6 Å². The molecule has 0 bridgehead atoms. The van der Waals surface area contributed by atoms with E-state index in [0.717, 1.165) is 44.1 Å². The van der Waals surface area contributed by atoms with E-state index in [2.05, 4.69) is 21.1 Å². The number of rotatable bonds is 3. The second-order valence-electron chi connectivity index (χ2n) is 5.88. The first kappa shape index (κ1) is 14.8. The molecule has 1 aromatic heterocycles. The van der Waals surface area contributed by atoms with Crippen LogP contribution in [0.2, 0.25) is 0 Å². The first-order chi connectivity index (χ1) is 10.5.